The first-order valence-electron chi connectivity index (χ1n) is 9.02. The number of oxazole rings is 1. The molecular formula is C22H20N2O3. The molecule has 0 saturated heterocycles. The Morgan fingerprint density at radius 2 is 1.85 bits per heavy atom. The van der Waals surface area contributed by atoms with Gasteiger partial charge in [0.05, 0.1) is 18.8 Å². The van der Waals surface area contributed by atoms with Gasteiger partial charge in [-0.25, -0.2) is 4.98 Å². The Morgan fingerprint density at radius 1 is 1.04 bits per heavy atom. The van der Waals surface area contributed by atoms with Gasteiger partial charge in [0, 0.05) is 30.5 Å². The highest BCUT2D eigenvalue weighted by Gasteiger charge is 2.14. The number of ketones is 1. The SMILES string of the molecule is O=C1CN=C(Cc2ccc(OCCc3coc(-c4ccccc4)n3)cc2)C1. The number of hydrogen-bond donors (Lipinski definition) is 0. The van der Waals surface area contributed by atoms with Gasteiger partial charge in [-0.3, -0.25) is 9.79 Å². The summed E-state index contributed by atoms with van der Waals surface area (Å²) in [6, 6.07) is 17.8. The lowest BCUT2D eigenvalue weighted by atomic mass is 10.1. The molecule has 0 amide bonds. The first-order chi connectivity index (χ1) is 13.3. The van der Waals surface area contributed by atoms with Gasteiger partial charge in [-0.05, 0) is 29.8 Å². The van der Waals surface area contributed by atoms with Crippen molar-refractivity contribution in [3.63, 3.8) is 0 Å². The van der Waals surface area contributed by atoms with Crippen LogP contribution in [-0.4, -0.2) is 29.6 Å². The fourth-order valence-corrected chi connectivity index (χ4v) is 3.01. The van der Waals surface area contributed by atoms with Crippen molar-refractivity contribution in [2.75, 3.05) is 13.2 Å². The van der Waals surface area contributed by atoms with E-state index in [9.17, 15) is 4.79 Å². The number of carbonyl (C=O) groups excluding carboxylic acids is 1. The molecule has 1 aliphatic heterocycles. The monoisotopic (exact) mass is 360 g/mol. The molecule has 2 heterocycles. The zero-order valence-electron chi connectivity index (χ0n) is 14.9. The molecule has 0 bridgehead atoms. The van der Waals surface area contributed by atoms with Crippen LogP contribution in [0.2, 0.25) is 0 Å². The van der Waals surface area contributed by atoms with Crippen molar-refractivity contribution in [1.29, 1.82) is 0 Å². The first kappa shape index (κ1) is 17.2. The Balaban J connectivity index is 1.27. The number of benzene rings is 2. The standard InChI is InChI=1S/C22H20N2O3/c25-20-13-19(23-14-20)12-16-6-8-21(9-7-16)26-11-10-18-15-27-22(24-18)17-4-2-1-3-5-17/h1-9,15H,10-14H2. The Hall–Kier alpha value is -3.21. The van der Waals surface area contributed by atoms with Gasteiger partial charge < -0.3 is 9.15 Å². The summed E-state index contributed by atoms with van der Waals surface area (Å²) >= 11 is 0. The molecule has 0 saturated carbocycles. The molecule has 0 unspecified atom stereocenters. The fraction of sp³-hybridized carbons (Fsp3) is 0.227. The molecule has 2 aromatic carbocycles. The molecule has 0 N–H and O–H groups in total. The summed E-state index contributed by atoms with van der Waals surface area (Å²) in [6.45, 7) is 0.867. The van der Waals surface area contributed by atoms with E-state index in [-0.39, 0.29) is 5.78 Å². The molecule has 0 fully saturated rings. The lowest BCUT2D eigenvalue weighted by Crippen LogP contribution is -2.04. The highest BCUT2D eigenvalue weighted by atomic mass is 16.5. The highest BCUT2D eigenvalue weighted by Crippen LogP contribution is 2.19. The Bertz CT molecular complexity index is 943. The van der Waals surface area contributed by atoms with Gasteiger partial charge in [0.2, 0.25) is 5.89 Å². The van der Waals surface area contributed by atoms with Gasteiger partial charge in [-0.15, -0.1) is 0 Å². The largest absolute Gasteiger partial charge is 0.493 e. The molecule has 4 rings (SSSR count). The van der Waals surface area contributed by atoms with Crippen LogP contribution in [0, 0.1) is 0 Å². The molecule has 0 radical (unpaired) electrons. The zero-order valence-corrected chi connectivity index (χ0v) is 14.9. The minimum absolute atomic E-state index is 0.202. The fourth-order valence-electron chi connectivity index (χ4n) is 3.01. The number of rotatable bonds is 7. The molecule has 1 aromatic heterocycles. The van der Waals surface area contributed by atoms with Gasteiger partial charge >= 0.3 is 0 Å². The van der Waals surface area contributed by atoms with E-state index in [0.29, 0.717) is 31.9 Å². The van der Waals surface area contributed by atoms with Crippen LogP contribution in [0.5, 0.6) is 5.75 Å². The molecule has 136 valence electrons. The van der Waals surface area contributed by atoms with E-state index in [4.69, 9.17) is 9.15 Å². The maximum absolute atomic E-state index is 11.3. The molecule has 0 atom stereocenters. The molecule has 3 aromatic rings. The number of carbonyl (C=O) groups is 1. The topological polar surface area (TPSA) is 64.7 Å². The van der Waals surface area contributed by atoms with Crippen molar-refractivity contribution in [1.82, 2.24) is 4.98 Å². The van der Waals surface area contributed by atoms with Crippen LogP contribution in [0.3, 0.4) is 0 Å². The Morgan fingerprint density at radius 3 is 2.59 bits per heavy atom. The summed E-state index contributed by atoms with van der Waals surface area (Å²) in [5, 5.41) is 0. The zero-order chi connectivity index (χ0) is 18.5. The lowest BCUT2D eigenvalue weighted by Gasteiger charge is -2.06. The van der Waals surface area contributed by atoms with Crippen molar-refractivity contribution in [2.45, 2.75) is 19.3 Å². The van der Waals surface area contributed by atoms with Crippen molar-refractivity contribution < 1.29 is 13.9 Å². The summed E-state index contributed by atoms with van der Waals surface area (Å²) in [5.41, 5.74) is 3.94. The predicted molar refractivity (Wildman–Crippen MR) is 103 cm³/mol. The van der Waals surface area contributed by atoms with Crippen LogP contribution in [-0.2, 0) is 17.6 Å². The van der Waals surface area contributed by atoms with Crippen LogP contribution < -0.4 is 4.74 Å². The summed E-state index contributed by atoms with van der Waals surface area (Å²) in [4.78, 5) is 20.0. The lowest BCUT2D eigenvalue weighted by molar-refractivity contribution is -0.116. The van der Waals surface area contributed by atoms with Gasteiger partial charge in [0.15, 0.2) is 5.78 Å². The maximum Gasteiger partial charge on any atom is 0.226 e. The van der Waals surface area contributed by atoms with Crippen molar-refractivity contribution in [3.8, 4) is 17.2 Å². The third-order valence-corrected chi connectivity index (χ3v) is 4.41. The number of aromatic nitrogens is 1. The first-order valence-corrected chi connectivity index (χ1v) is 9.02. The van der Waals surface area contributed by atoms with Gasteiger partial charge in [-0.2, -0.15) is 0 Å². The second kappa shape index (κ2) is 7.99. The van der Waals surface area contributed by atoms with E-state index in [1.165, 1.54) is 0 Å². The van der Waals surface area contributed by atoms with E-state index in [2.05, 4.69) is 9.98 Å². The minimum Gasteiger partial charge on any atom is -0.493 e. The number of ether oxygens (including phenoxy) is 1. The summed E-state index contributed by atoms with van der Waals surface area (Å²) < 4.78 is 11.3. The van der Waals surface area contributed by atoms with Crippen LogP contribution >= 0.6 is 0 Å². The van der Waals surface area contributed by atoms with Crippen molar-refractivity contribution >= 4 is 11.5 Å². The van der Waals surface area contributed by atoms with Gasteiger partial charge in [-0.1, -0.05) is 30.3 Å². The van der Waals surface area contributed by atoms with E-state index in [1.807, 2.05) is 54.6 Å². The smallest absolute Gasteiger partial charge is 0.226 e. The Kier molecular flexibility index (Phi) is 5.10. The molecule has 5 heteroatoms. The van der Waals surface area contributed by atoms with E-state index < -0.39 is 0 Å². The highest BCUT2D eigenvalue weighted by molar-refractivity contribution is 6.08. The van der Waals surface area contributed by atoms with Crippen molar-refractivity contribution in [3.05, 3.63) is 72.1 Å². The van der Waals surface area contributed by atoms with Crippen LogP contribution in [0.25, 0.3) is 11.5 Å². The number of aliphatic imine (C=N–C) groups is 1. The summed E-state index contributed by atoms with van der Waals surface area (Å²) in [5.74, 6) is 1.64. The number of nitrogens with zero attached hydrogens (tertiary/aromatic N) is 2. The third-order valence-electron chi connectivity index (χ3n) is 4.41. The predicted octanol–water partition coefficient (Wildman–Crippen LogP) is 3.92. The normalized spacial score (nSPS) is 13.6. The van der Waals surface area contributed by atoms with E-state index in [1.54, 1.807) is 6.26 Å². The molecule has 0 aliphatic carbocycles. The Labute approximate surface area is 157 Å². The summed E-state index contributed by atoms with van der Waals surface area (Å²) in [6.07, 6.45) is 3.57. The van der Waals surface area contributed by atoms with Crippen LogP contribution in [0.15, 0.2) is 70.3 Å². The minimum atomic E-state index is 0.202. The third kappa shape index (κ3) is 4.50. The molecule has 1 aliphatic rings. The van der Waals surface area contributed by atoms with Crippen LogP contribution in [0.4, 0.5) is 0 Å². The molecule has 27 heavy (non-hydrogen) atoms. The quantitative estimate of drug-likeness (QED) is 0.641. The van der Waals surface area contributed by atoms with Crippen LogP contribution in [0.1, 0.15) is 17.7 Å². The number of Topliss-reactive ketones (excluding diaryl/α,β-unsaturated/α-hetero) is 1. The van der Waals surface area contributed by atoms with E-state index >= 15 is 0 Å². The van der Waals surface area contributed by atoms with Gasteiger partial charge in [0.1, 0.15) is 12.0 Å². The summed E-state index contributed by atoms with van der Waals surface area (Å²) in [7, 11) is 0. The molecule has 5 nitrogen and oxygen atoms in total. The number of hydrogen-bond acceptors (Lipinski definition) is 5. The maximum atomic E-state index is 11.3. The van der Waals surface area contributed by atoms with Gasteiger partial charge in [0.25, 0.3) is 0 Å². The average Bonchev–Trinajstić information content (AvgIpc) is 3.33. The van der Waals surface area contributed by atoms with Crippen molar-refractivity contribution in [2.24, 2.45) is 4.99 Å². The van der Waals surface area contributed by atoms with E-state index in [0.717, 1.165) is 34.7 Å². The average molecular weight is 360 g/mol. The molecule has 0 spiro atoms. The molecular weight excluding hydrogens is 340 g/mol. The second-order valence-corrected chi connectivity index (χ2v) is 6.53. The second-order valence-electron chi connectivity index (χ2n) is 6.53.